The Bertz CT molecular complexity index is 1970. The molecule has 0 amide bonds. The highest BCUT2D eigenvalue weighted by atomic mass is 31.2. The number of aliphatic hydroxyl groups is 1. The fourth-order valence-corrected chi connectivity index (χ4v) is 12.6. The van der Waals surface area contributed by atoms with Crippen LogP contribution in [0.4, 0.5) is 0 Å². The summed E-state index contributed by atoms with van der Waals surface area (Å²) in [7, 11) is -9.93. The van der Waals surface area contributed by atoms with Crippen LogP contribution in [-0.2, 0) is 65.4 Å². The van der Waals surface area contributed by atoms with Crippen molar-refractivity contribution in [2.45, 2.75) is 393 Å². The number of carbonyl (C=O) groups excluding carboxylic acids is 4. The predicted molar refractivity (Wildman–Crippen MR) is 391 cm³/mol. The van der Waals surface area contributed by atoms with Crippen molar-refractivity contribution in [3.05, 3.63) is 36.5 Å². The summed E-state index contributed by atoms with van der Waals surface area (Å²) in [6.07, 6.45) is 65.5. The highest BCUT2D eigenvalue weighted by Gasteiger charge is 2.30. The van der Waals surface area contributed by atoms with Gasteiger partial charge in [-0.15, -0.1) is 0 Å². The minimum Gasteiger partial charge on any atom is -0.462 e. The summed E-state index contributed by atoms with van der Waals surface area (Å²) in [6.45, 7) is 4.90. The number of hydrogen-bond donors (Lipinski definition) is 3. The fourth-order valence-electron chi connectivity index (χ4n) is 11.0. The van der Waals surface area contributed by atoms with Crippen molar-refractivity contribution >= 4 is 39.5 Å². The maximum atomic E-state index is 13.1. The van der Waals surface area contributed by atoms with Crippen molar-refractivity contribution in [1.82, 2.24) is 0 Å². The lowest BCUT2D eigenvalue weighted by molar-refractivity contribution is -0.161. The van der Waals surface area contributed by atoms with Crippen LogP contribution >= 0.6 is 15.6 Å². The van der Waals surface area contributed by atoms with Gasteiger partial charge in [0.15, 0.2) is 12.2 Å². The van der Waals surface area contributed by atoms with Crippen LogP contribution in [0.1, 0.15) is 374 Å². The number of hydrogen-bond acceptors (Lipinski definition) is 15. The van der Waals surface area contributed by atoms with Crippen molar-refractivity contribution < 1.29 is 80.2 Å². The van der Waals surface area contributed by atoms with E-state index in [-0.39, 0.29) is 25.7 Å². The fraction of sp³-hybridized carbons (Fsp3) is 0.870. The lowest BCUT2D eigenvalue weighted by atomic mass is 10.0. The van der Waals surface area contributed by atoms with Gasteiger partial charge in [-0.3, -0.25) is 37.3 Å². The van der Waals surface area contributed by atoms with E-state index < -0.39 is 97.5 Å². The molecule has 0 aromatic carbocycles. The molecule has 2 unspecified atom stereocenters. The summed E-state index contributed by atoms with van der Waals surface area (Å²) in [6, 6.07) is 0. The van der Waals surface area contributed by atoms with Crippen LogP contribution in [0.5, 0.6) is 0 Å². The zero-order valence-corrected chi connectivity index (χ0v) is 63.4. The molecular formula is C77H144O17P2. The molecule has 96 heavy (non-hydrogen) atoms. The van der Waals surface area contributed by atoms with E-state index in [2.05, 4.69) is 64.2 Å². The maximum Gasteiger partial charge on any atom is 0.472 e. The summed E-state index contributed by atoms with van der Waals surface area (Å²) < 4.78 is 68.5. The number of allylic oxidation sites excluding steroid dienone is 6. The Morgan fingerprint density at radius 2 is 0.479 bits per heavy atom. The summed E-state index contributed by atoms with van der Waals surface area (Å²) in [4.78, 5) is 72.8. The second kappa shape index (κ2) is 70.7. The second-order valence-corrected chi connectivity index (χ2v) is 29.6. The first kappa shape index (κ1) is 93.3. The highest BCUT2D eigenvalue weighted by Crippen LogP contribution is 2.45. The smallest absolute Gasteiger partial charge is 0.462 e. The van der Waals surface area contributed by atoms with Crippen LogP contribution in [0.2, 0.25) is 0 Å². The minimum absolute atomic E-state index is 0.0901. The molecule has 0 aliphatic rings. The first-order chi connectivity index (χ1) is 46.7. The van der Waals surface area contributed by atoms with Crippen molar-refractivity contribution in [1.29, 1.82) is 0 Å². The van der Waals surface area contributed by atoms with E-state index in [4.69, 9.17) is 37.0 Å². The third kappa shape index (κ3) is 69.7. The Morgan fingerprint density at radius 3 is 0.729 bits per heavy atom. The summed E-state index contributed by atoms with van der Waals surface area (Å²) in [5.41, 5.74) is 0. The van der Waals surface area contributed by atoms with E-state index in [1.165, 1.54) is 161 Å². The number of phosphoric acid groups is 2. The highest BCUT2D eigenvalue weighted by molar-refractivity contribution is 7.47. The third-order valence-electron chi connectivity index (χ3n) is 17.1. The van der Waals surface area contributed by atoms with Crippen LogP contribution < -0.4 is 0 Å². The Balaban J connectivity index is 5.31. The van der Waals surface area contributed by atoms with Crippen molar-refractivity contribution in [2.75, 3.05) is 39.6 Å². The average Bonchev–Trinajstić information content (AvgIpc) is 1.17. The molecule has 0 spiro atoms. The summed E-state index contributed by atoms with van der Waals surface area (Å²) in [5, 5.41) is 10.6. The van der Waals surface area contributed by atoms with Gasteiger partial charge in [0.1, 0.15) is 19.3 Å². The quantitative estimate of drug-likeness (QED) is 0.0169. The standard InChI is InChI=1S/C77H144O17P2/c1-5-9-13-17-21-25-29-33-35-39-42-46-50-54-58-62-75(80)88-68-72(93-76(81)63-59-55-51-47-43-38-32-28-24-20-16-12-8-4)69-91-95(83,84)89-65-71(78)66-90-96(85,86)92-70-73(67-87-74(79)61-57-53-49-45-41-37-31-27-23-19-15-11-7-3)94-77(82)64-60-56-52-48-44-40-36-34-30-26-22-18-14-10-6-2/h25,28-29,32,34,36,71-73,78H,5-24,26-27,30-31,33,35,37-70H2,1-4H3,(H,83,84)(H,85,86)/b29-25-,32-28-,36-34-/t71-,72-,73-/m1/s1. The largest absolute Gasteiger partial charge is 0.472 e. The molecule has 0 bridgehead atoms. The topological polar surface area (TPSA) is 237 Å². The van der Waals surface area contributed by atoms with E-state index in [1.54, 1.807) is 0 Å². The van der Waals surface area contributed by atoms with Gasteiger partial charge in [0, 0.05) is 25.7 Å². The Kier molecular flexibility index (Phi) is 68.7. The van der Waals surface area contributed by atoms with E-state index in [0.717, 1.165) is 135 Å². The number of esters is 4. The number of carbonyl (C=O) groups is 4. The number of aliphatic hydroxyl groups excluding tert-OH is 1. The lowest BCUT2D eigenvalue weighted by Crippen LogP contribution is -2.30. The monoisotopic (exact) mass is 1400 g/mol. The molecule has 0 fully saturated rings. The van der Waals surface area contributed by atoms with Crippen LogP contribution in [0.15, 0.2) is 36.5 Å². The van der Waals surface area contributed by atoms with Crippen LogP contribution in [-0.4, -0.2) is 96.7 Å². The van der Waals surface area contributed by atoms with Gasteiger partial charge in [-0.1, -0.05) is 282 Å². The molecular weight excluding hydrogens is 1260 g/mol. The molecule has 0 aliphatic heterocycles. The SMILES string of the molecule is CCCCCC/C=C\CCCCCCCCCC(=O)OC[C@H](COP(=O)(O)OC[C@@H](O)COP(=O)(O)OC[C@@H](COC(=O)CCCCCCCCCCCCCCC)OC(=O)CCCCCCC/C=C\CCCCCCCC)OC(=O)CCCCCCC/C=C\CCCCCC. The Morgan fingerprint density at radius 1 is 0.281 bits per heavy atom. The van der Waals surface area contributed by atoms with Gasteiger partial charge in [-0.2, -0.15) is 0 Å². The Labute approximate surface area is 585 Å². The number of rotatable bonds is 75. The Hall–Kier alpha value is -2.72. The first-order valence-corrected chi connectivity index (χ1v) is 42.2. The van der Waals surface area contributed by atoms with Crippen molar-refractivity contribution in [3.8, 4) is 0 Å². The van der Waals surface area contributed by atoms with Gasteiger partial charge in [0.2, 0.25) is 0 Å². The average molecular weight is 1400 g/mol. The second-order valence-electron chi connectivity index (χ2n) is 26.7. The van der Waals surface area contributed by atoms with E-state index in [9.17, 15) is 43.2 Å². The number of unbranched alkanes of at least 4 members (excludes halogenated alkanes) is 43. The molecule has 5 atom stereocenters. The molecule has 0 saturated carbocycles. The van der Waals surface area contributed by atoms with Gasteiger partial charge >= 0.3 is 39.5 Å². The molecule has 0 radical (unpaired) electrons. The number of phosphoric ester groups is 2. The molecule has 0 rings (SSSR count). The molecule has 3 N–H and O–H groups in total. The zero-order valence-electron chi connectivity index (χ0n) is 61.6. The molecule has 0 aromatic heterocycles. The summed E-state index contributed by atoms with van der Waals surface area (Å²) >= 11 is 0. The van der Waals surface area contributed by atoms with Gasteiger partial charge < -0.3 is 33.8 Å². The molecule has 19 heteroatoms. The van der Waals surface area contributed by atoms with Crippen LogP contribution in [0, 0.1) is 0 Å². The lowest BCUT2D eigenvalue weighted by Gasteiger charge is -2.21. The van der Waals surface area contributed by atoms with Gasteiger partial charge in [0.25, 0.3) is 0 Å². The van der Waals surface area contributed by atoms with Crippen LogP contribution in [0.25, 0.3) is 0 Å². The molecule has 0 saturated heterocycles. The molecule has 0 aliphatic carbocycles. The minimum atomic E-state index is -4.97. The van der Waals surface area contributed by atoms with Crippen LogP contribution in [0.3, 0.4) is 0 Å². The van der Waals surface area contributed by atoms with Crippen molar-refractivity contribution in [2.24, 2.45) is 0 Å². The normalized spacial score (nSPS) is 14.1. The van der Waals surface area contributed by atoms with Gasteiger partial charge in [-0.05, 0) is 103 Å². The van der Waals surface area contributed by atoms with E-state index in [0.29, 0.717) is 25.7 Å². The molecule has 564 valence electrons. The van der Waals surface area contributed by atoms with Gasteiger partial charge in [0.05, 0.1) is 26.4 Å². The molecule has 0 heterocycles. The van der Waals surface area contributed by atoms with Gasteiger partial charge in [-0.25, -0.2) is 9.13 Å². The third-order valence-corrected chi connectivity index (χ3v) is 19.0. The van der Waals surface area contributed by atoms with E-state index >= 15 is 0 Å². The maximum absolute atomic E-state index is 13.1. The predicted octanol–water partition coefficient (Wildman–Crippen LogP) is 22.3. The van der Waals surface area contributed by atoms with E-state index in [1.807, 2.05) is 0 Å². The van der Waals surface area contributed by atoms with Crippen molar-refractivity contribution in [3.63, 3.8) is 0 Å². The zero-order chi connectivity index (χ0) is 70.4. The number of ether oxygens (including phenoxy) is 4. The molecule has 0 aromatic rings. The molecule has 17 nitrogen and oxygen atoms in total. The first-order valence-electron chi connectivity index (χ1n) is 39.2. The summed E-state index contributed by atoms with van der Waals surface area (Å²) in [5.74, 6) is -2.16.